The van der Waals surface area contributed by atoms with Gasteiger partial charge in [-0.1, -0.05) is 23.4 Å². The van der Waals surface area contributed by atoms with E-state index in [0.29, 0.717) is 21.6 Å². The normalized spacial score (nSPS) is 10.3. The molecule has 3 N–H and O–H groups in total. The number of amides is 1. The molecule has 0 atom stereocenters. The third-order valence-corrected chi connectivity index (χ3v) is 3.59. The van der Waals surface area contributed by atoms with Crippen LogP contribution in [0.25, 0.3) is 0 Å². The zero-order valence-corrected chi connectivity index (χ0v) is 12.3. The molecular formula is C13H13ClN4OS. The molecule has 0 aliphatic carbocycles. The number of benzene rings is 1. The Morgan fingerprint density at radius 2 is 2.10 bits per heavy atom. The van der Waals surface area contributed by atoms with Crippen molar-refractivity contribution in [1.82, 2.24) is 9.97 Å². The van der Waals surface area contributed by atoms with Gasteiger partial charge in [-0.05, 0) is 30.7 Å². The van der Waals surface area contributed by atoms with Gasteiger partial charge in [0.2, 0.25) is 5.91 Å². The van der Waals surface area contributed by atoms with Gasteiger partial charge in [-0.3, -0.25) is 4.79 Å². The molecule has 5 nitrogen and oxygen atoms in total. The number of carbonyl (C=O) groups is 1. The molecule has 0 aliphatic heterocycles. The van der Waals surface area contributed by atoms with Gasteiger partial charge in [0.1, 0.15) is 0 Å². The van der Waals surface area contributed by atoms with Crippen LogP contribution in [0.5, 0.6) is 0 Å². The third kappa shape index (κ3) is 4.11. The number of halogens is 1. The minimum atomic E-state index is -0.152. The highest BCUT2D eigenvalue weighted by molar-refractivity contribution is 7.99. The topological polar surface area (TPSA) is 80.9 Å². The Bertz CT molecular complexity index is 618. The first kappa shape index (κ1) is 14.6. The molecule has 20 heavy (non-hydrogen) atoms. The van der Waals surface area contributed by atoms with Gasteiger partial charge in [-0.25, -0.2) is 9.97 Å². The summed E-state index contributed by atoms with van der Waals surface area (Å²) in [6.07, 6.45) is 3.43. The molecule has 1 aromatic heterocycles. The smallest absolute Gasteiger partial charge is 0.234 e. The number of rotatable bonds is 4. The Kier molecular flexibility index (Phi) is 4.81. The van der Waals surface area contributed by atoms with Crippen molar-refractivity contribution in [3.63, 3.8) is 0 Å². The Morgan fingerprint density at radius 3 is 2.75 bits per heavy atom. The molecule has 1 aromatic carbocycles. The van der Waals surface area contributed by atoms with Gasteiger partial charge < -0.3 is 11.1 Å². The van der Waals surface area contributed by atoms with Gasteiger partial charge in [0, 0.05) is 18.1 Å². The zero-order valence-electron chi connectivity index (χ0n) is 10.8. The molecule has 2 rings (SSSR count). The maximum absolute atomic E-state index is 11.8. The molecule has 1 heterocycles. The van der Waals surface area contributed by atoms with E-state index in [1.807, 2.05) is 6.92 Å². The van der Waals surface area contributed by atoms with Gasteiger partial charge in [0.05, 0.1) is 16.5 Å². The highest BCUT2D eigenvalue weighted by Gasteiger charge is 2.06. The van der Waals surface area contributed by atoms with E-state index in [2.05, 4.69) is 15.3 Å². The van der Waals surface area contributed by atoms with Crippen molar-refractivity contribution in [2.75, 3.05) is 16.8 Å². The number of nitrogens with zero attached hydrogens (tertiary/aromatic N) is 2. The Labute approximate surface area is 126 Å². The molecule has 0 bridgehead atoms. The van der Waals surface area contributed by atoms with E-state index in [0.717, 1.165) is 5.56 Å². The lowest BCUT2D eigenvalue weighted by atomic mass is 10.3. The number of carbonyl (C=O) groups excluding carboxylic acids is 1. The fourth-order valence-corrected chi connectivity index (χ4v) is 2.11. The van der Waals surface area contributed by atoms with E-state index >= 15 is 0 Å². The van der Waals surface area contributed by atoms with E-state index in [1.165, 1.54) is 11.8 Å². The maximum Gasteiger partial charge on any atom is 0.234 e. The summed E-state index contributed by atoms with van der Waals surface area (Å²) in [6.45, 7) is 1.91. The van der Waals surface area contributed by atoms with Crippen LogP contribution in [-0.4, -0.2) is 21.6 Å². The molecule has 0 unspecified atom stereocenters. The lowest BCUT2D eigenvalue weighted by Gasteiger charge is -2.06. The highest BCUT2D eigenvalue weighted by Crippen LogP contribution is 2.22. The second kappa shape index (κ2) is 6.58. The molecule has 0 saturated carbocycles. The fraction of sp³-hybridized carbons (Fsp3) is 0.154. The van der Waals surface area contributed by atoms with E-state index in [1.54, 1.807) is 30.6 Å². The molecule has 0 radical (unpaired) electrons. The van der Waals surface area contributed by atoms with Gasteiger partial charge in [0.15, 0.2) is 5.16 Å². The maximum atomic E-state index is 11.8. The minimum absolute atomic E-state index is 0.152. The molecular weight excluding hydrogens is 296 g/mol. The largest absolute Gasteiger partial charge is 0.397 e. The number of hydrogen-bond donors (Lipinski definition) is 2. The molecule has 0 fully saturated rings. The van der Waals surface area contributed by atoms with Crippen molar-refractivity contribution in [3.8, 4) is 0 Å². The zero-order chi connectivity index (χ0) is 14.5. The first-order chi connectivity index (χ1) is 9.54. The molecule has 7 heteroatoms. The van der Waals surface area contributed by atoms with E-state index in [9.17, 15) is 4.79 Å². The number of nitrogens with two attached hydrogens (primary N) is 1. The van der Waals surface area contributed by atoms with Crippen molar-refractivity contribution in [2.45, 2.75) is 12.1 Å². The quantitative estimate of drug-likeness (QED) is 0.515. The summed E-state index contributed by atoms with van der Waals surface area (Å²) >= 11 is 7.09. The predicted octanol–water partition coefficient (Wildman–Crippen LogP) is 2.75. The Balaban J connectivity index is 1.89. The average molecular weight is 309 g/mol. The standard InChI is InChI=1S/C13H13ClN4OS/c1-8-5-16-13(17-6-8)20-7-12(19)18-9-2-3-10(14)11(15)4-9/h2-6H,7,15H2,1H3,(H,18,19). The molecule has 0 saturated heterocycles. The van der Waals surface area contributed by atoms with Crippen LogP contribution in [0.2, 0.25) is 5.02 Å². The highest BCUT2D eigenvalue weighted by atomic mass is 35.5. The average Bonchev–Trinajstić information content (AvgIpc) is 2.42. The van der Waals surface area contributed by atoms with Crippen LogP contribution in [0.4, 0.5) is 11.4 Å². The van der Waals surface area contributed by atoms with Crippen molar-refractivity contribution in [1.29, 1.82) is 0 Å². The summed E-state index contributed by atoms with van der Waals surface area (Å²) in [5, 5.41) is 3.77. The van der Waals surface area contributed by atoms with Crippen LogP contribution in [0.3, 0.4) is 0 Å². The first-order valence-corrected chi connectivity index (χ1v) is 7.17. The summed E-state index contributed by atoms with van der Waals surface area (Å²) in [7, 11) is 0. The summed E-state index contributed by atoms with van der Waals surface area (Å²) in [5.41, 5.74) is 7.69. The number of aromatic nitrogens is 2. The van der Waals surface area contributed by atoms with Crippen LogP contribution in [0, 0.1) is 6.92 Å². The Morgan fingerprint density at radius 1 is 1.40 bits per heavy atom. The fourth-order valence-electron chi connectivity index (χ4n) is 1.40. The second-order valence-electron chi connectivity index (χ2n) is 4.12. The van der Waals surface area contributed by atoms with Gasteiger partial charge in [0.25, 0.3) is 0 Å². The number of nitrogens with one attached hydrogen (secondary N) is 1. The number of aryl methyl sites for hydroxylation is 1. The van der Waals surface area contributed by atoms with Gasteiger partial charge in [-0.2, -0.15) is 0 Å². The molecule has 0 spiro atoms. The van der Waals surface area contributed by atoms with Crippen molar-refractivity contribution in [2.24, 2.45) is 0 Å². The number of hydrogen-bond acceptors (Lipinski definition) is 5. The Hall–Kier alpha value is -1.79. The van der Waals surface area contributed by atoms with Crippen molar-refractivity contribution < 1.29 is 4.79 Å². The second-order valence-corrected chi connectivity index (χ2v) is 5.47. The van der Waals surface area contributed by atoms with Crippen LogP contribution in [0.15, 0.2) is 35.7 Å². The van der Waals surface area contributed by atoms with E-state index < -0.39 is 0 Å². The number of thioether (sulfide) groups is 1. The van der Waals surface area contributed by atoms with Crippen LogP contribution in [0.1, 0.15) is 5.56 Å². The third-order valence-electron chi connectivity index (χ3n) is 2.37. The molecule has 104 valence electrons. The monoisotopic (exact) mass is 308 g/mol. The van der Waals surface area contributed by atoms with Gasteiger partial charge in [-0.15, -0.1) is 0 Å². The van der Waals surface area contributed by atoms with Gasteiger partial charge >= 0.3 is 0 Å². The SMILES string of the molecule is Cc1cnc(SCC(=O)Nc2ccc(Cl)c(N)c2)nc1. The van der Waals surface area contributed by atoms with E-state index in [-0.39, 0.29) is 11.7 Å². The summed E-state index contributed by atoms with van der Waals surface area (Å²) < 4.78 is 0. The number of nitrogen functional groups attached to an aromatic ring is 1. The number of anilines is 2. The van der Waals surface area contributed by atoms with Crippen molar-refractivity contribution >= 4 is 40.6 Å². The minimum Gasteiger partial charge on any atom is -0.397 e. The summed E-state index contributed by atoms with van der Waals surface area (Å²) in [4.78, 5) is 20.0. The predicted molar refractivity (Wildman–Crippen MR) is 82.0 cm³/mol. The summed E-state index contributed by atoms with van der Waals surface area (Å²) in [5.74, 6) is 0.0758. The van der Waals surface area contributed by atoms with Crippen LogP contribution in [-0.2, 0) is 4.79 Å². The van der Waals surface area contributed by atoms with E-state index in [4.69, 9.17) is 17.3 Å². The van der Waals surface area contributed by atoms with Crippen LogP contribution >= 0.6 is 23.4 Å². The lowest BCUT2D eigenvalue weighted by molar-refractivity contribution is -0.113. The molecule has 2 aromatic rings. The van der Waals surface area contributed by atoms with Crippen LogP contribution < -0.4 is 11.1 Å². The molecule has 1 amide bonds. The molecule has 0 aliphatic rings. The lowest BCUT2D eigenvalue weighted by Crippen LogP contribution is -2.14. The summed E-state index contributed by atoms with van der Waals surface area (Å²) in [6, 6.07) is 4.96. The van der Waals surface area contributed by atoms with Crippen molar-refractivity contribution in [3.05, 3.63) is 41.2 Å². The first-order valence-electron chi connectivity index (χ1n) is 5.81.